The minimum atomic E-state index is 0.423. The third-order valence-electron chi connectivity index (χ3n) is 3.19. The molecule has 0 spiro atoms. The van der Waals surface area contributed by atoms with E-state index in [4.69, 9.17) is 11.6 Å². The van der Waals surface area contributed by atoms with Gasteiger partial charge in [-0.25, -0.2) is 0 Å². The molecule has 3 rings (SSSR count). The van der Waals surface area contributed by atoms with Gasteiger partial charge < -0.3 is 5.32 Å². The van der Waals surface area contributed by atoms with Gasteiger partial charge in [0.25, 0.3) is 0 Å². The molecular weight excluding hydrogens is 250 g/mol. The van der Waals surface area contributed by atoms with Crippen molar-refractivity contribution in [3.05, 3.63) is 35.1 Å². The van der Waals surface area contributed by atoms with Gasteiger partial charge in [-0.3, -0.25) is 0 Å². The van der Waals surface area contributed by atoms with E-state index in [0.29, 0.717) is 10.9 Å². The van der Waals surface area contributed by atoms with Gasteiger partial charge in [-0.05, 0) is 55.4 Å². The molecule has 0 aliphatic carbocycles. The first-order valence-electron chi connectivity index (χ1n) is 6.09. The first kappa shape index (κ1) is 11.6. The maximum absolute atomic E-state index is 5.85. The van der Waals surface area contributed by atoms with Crippen molar-refractivity contribution >= 4 is 11.6 Å². The number of hydrogen-bond donors (Lipinski definition) is 1. The van der Waals surface area contributed by atoms with Crippen molar-refractivity contribution < 1.29 is 0 Å². The van der Waals surface area contributed by atoms with E-state index in [1.165, 1.54) is 0 Å². The van der Waals surface area contributed by atoms with E-state index in [1.54, 1.807) is 4.80 Å². The number of nitrogens with zero attached hydrogens (tertiary/aromatic N) is 4. The zero-order chi connectivity index (χ0) is 12.4. The molecule has 2 aromatic rings. The van der Waals surface area contributed by atoms with Gasteiger partial charge in [-0.2, -0.15) is 0 Å². The van der Waals surface area contributed by atoms with Gasteiger partial charge >= 0.3 is 0 Å². The number of benzene rings is 1. The summed E-state index contributed by atoms with van der Waals surface area (Å²) in [5.41, 5.74) is 0.882. The van der Waals surface area contributed by atoms with Crippen molar-refractivity contribution in [2.24, 2.45) is 0 Å². The first-order valence-corrected chi connectivity index (χ1v) is 6.47. The van der Waals surface area contributed by atoms with Gasteiger partial charge in [0.15, 0.2) is 5.82 Å². The van der Waals surface area contributed by atoms with E-state index in [2.05, 4.69) is 20.7 Å². The highest BCUT2D eigenvalue weighted by Gasteiger charge is 2.20. The average molecular weight is 264 g/mol. The van der Waals surface area contributed by atoms with Crippen LogP contribution in [0.15, 0.2) is 24.3 Å². The molecule has 0 radical (unpaired) electrons. The van der Waals surface area contributed by atoms with Crippen LogP contribution in [-0.4, -0.2) is 33.3 Å². The highest BCUT2D eigenvalue weighted by molar-refractivity contribution is 6.30. The molecule has 6 heteroatoms. The molecule has 1 aromatic heterocycles. The van der Waals surface area contributed by atoms with E-state index in [0.717, 1.165) is 37.4 Å². The van der Waals surface area contributed by atoms with Crippen molar-refractivity contribution in [2.45, 2.75) is 18.8 Å². The fourth-order valence-electron chi connectivity index (χ4n) is 2.15. The molecule has 94 valence electrons. The second-order valence-electron chi connectivity index (χ2n) is 4.44. The molecule has 1 fully saturated rings. The van der Waals surface area contributed by atoms with Gasteiger partial charge in [0.2, 0.25) is 0 Å². The van der Waals surface area contributed by atoms with Crippen molar-refractivity contribution in [3.63, 3.8) is 0 Å². The fraction of sp³-hybridized carbons (Fsp3) is 0.417. The van der Waals surface area contributed by atoms with Crippen LogP contribution < -0.4 is 5.32 Å². The van der Waals surface area contributed by atoms with E-state index in [1.807, 2.05) is 24.3 Å². The number of tetrazole rings is 1. The molecule has 1 aromatic carbocycles. The standard InChI is InChI=1S/C12H14ClN5/c13-10-1-3-11(4-2-10)18-16-12(15-17-18)9-5-7-14-8-6-9/h1-4,9,14H,5-8H2. The Morgan fingerprint density at radius 1 is 1.17 bits per heavy atom. The summed E-state index contributed by atoms with van der Waals surface area (Å²) in [6.07, 6.45) is 2.15. The van der Waals surface area contributed by atoms with Crippen LogP contribution >= 0.6 is 11.6 Å². The summed E-state index contributed by atoms with van der Waals surface area (Å²) in [5.74, 6) is 1.26. The van der Waals surface area contributed by atoms with Crippen molar-refractivity contribution in [2.75, 3.05) is 13.1 Å². The van der Waals surface area contributed by atoms with E-state index in [9.17, 15) is 0 Å². The molecule has 2 heterocycles. The smallest absolute Gasteiger partial charge is 0.178 e. The Bertz CT molecular complexity index is 516. The Balaban J connectivity index is 1.82. The Kier molecular flexibility index (Phi) is 3.25. The summed E-state index contributed by atoms with van der Waals surface area (Å²) in [4.78, 5) is 1.56. The molecule has 1 aliphatic rings. The monoisotopic (exact) mass is 263 g/mol. The lowest BCUT2D eigenvalue weighted by Crippen LogP contribution is -2.27. The second kappa shape index (κ2) is 5.04. The average Bonchev–Trinajstić information content (AvgIpc) is 2.90. The molecular formula is C12H14ClN5. The maximum atomic E-state index is 5.85. The van der Waals surface area contributed by atoms with Gasteiger partial charge in [-0.15, -0.1) is 15.0 Å². The summed E-state index contributed by atoms with van der Waals surface area (Å²) in [6, 6.07) is 7.42. The minimum absolute atomic E-state index is 0.423. The van der Waals surface area contributed by atoms with Crippen LogP contribution in [0.4, 0.5) is 0 Å². The van der Waals surface area contributed by atoms with Gasteiger partial charge in [0.05, 0.1) is 5.69 Å². The van der Waals surface area contributed by atoms with Crippen molar-refractivity contribution in [3.8, 4) is 5.69 Å². The van der Waals surface area contributed by atoms with Gasteiger partial charge in [-0.1, -0.05) is 11.6 Å². The highest BCUT2D eigenvalue weighted by Crippen LogP contribution is 2.21. The van der Waals surface area contributed by atoms with E-state index >= 15 is 0 Å². The SMILES string of the molecule is Clc1ccc(-n2nnc(C3CCNCC3)n2)cc1. The number of nitrogens with one attached hydrogen (secondary N) is 1. The van der Waals surface area contributed by atoms with Crippen LogP contribution in [-0.2, 0) is 0 Å². The maximum Gasteiger partial charge on any atom is 0.178 e. The zero-order valence-electron chi connectivity index (χ0n) is 9.88. The zero-order valence-corrected chi connectivity index (χ0v) is 10.6. The topological polar surface area (TPSA) is 55.6 Å². The molecule has 0 bridgehead atoms. The van der Waals surface area contributed by atoms with Gasteiger partial charge in [0.1, 0.15) is 0 Å². The fourth-order valence-corrected chi connectivity index (χ4v) is 2.28. The van der Waals surface area contributed by atoms with Crippen LogP contribution in [0.5, 0.6) is 0 Å². The lowest BCUT2D eigenvalue weighted by molar-refractivity contribution is 0.444. The Morgan fingerprint density at radius 2 is 1.89 bits per heavy atom. The van der Waals surface area contributed by atoms with Gasteiger partial charge in [0, 0.05) is 10.9 Å². The molecule has 18 heavy (non-hydrogen) atoms. The predicted octanol–water partition coefficient (Wildman–Crippen LogP) is 1.78. The molecule has 0 saturated carbocycles. The largest absolute Gasteiger partial charge is 0.317 e. The molecule has 1 saturated heterocycles. The van der Waals surface area contributed by atoms with Crippen LogP contribution in [0.2, 0.25) is 5.02 Å². The molecule has 5 nitrogen and oxygen atoms in total. The normalized spacial score (nSPS) is 16.9. The first-order chi connectivity index (χ1) is 8.83. The summed E-state index contributed by atoms with van der Waals surface area (Å²) >= 11 is 5.85. The number of aromatic nitrogens is 4. The Labute approximate surface area is 110 Å². The number of hydrogen-bond acceptors (Lipinski definition) is 4. The molecule has 0 amide bonds. The summed E-state index contributed by atoms with van der Waals surface area (Å²) < 4.78 is 0. The third kappa shape index (κ3) is 2.37. The summed E-state index contributed by atoms with van der Waals surface area (Å²) in [5, 5.41) is 16.8. The minimum Gasteiger partial charge on any atom is -0.317 e. The lowest BCUT2D eigenvalue weighted by Gasteiger charge is -2.18. The molecule has 1 N–H and O–H groups in total. The summed E-state index contributed by atoms with van der Waals surface area (Å²) in [7, 11) is 0. The lowest BCUT2D eigenvalue weighted by atomic mass is 9.98. The highest BCUT2D eigenvalue weighted by atomic mass is 35.5. The second-order valence-corrected chi connectivity index (χ2v) is 4.87. The molecule has 1 aliphatic heterocycles. The Morgan fingerprint density at radius 3 is 2.61 bits per heavy atom. The van der Waals surface area contributed by atoms with Crippen LogP contribution in [0.1, 0.15) is 24.6 Å². The van der Waals surface area contributed by atoms with Crippen LogP contribution in [0, 0.1) is 0 Å². The molecule has 0 unspecified atom stereocenters. The number of rotatable bonds is 2. The van der Waals surface area contributed by atoms with Crippen LogP contribution in [0.25, 0.3) is 5.69 Å². The summed E-state index contributed by atoms with van der Waals surface area (Å²) in [6.45, 7) is 2.06. The van der Waals surface area contributed by atoms with E-state index < -0.39 is 0 Å². The predicted molar refractivity (Wildman–Crippen MR) is 69.0 cm³/mol. The third-order valence-corrected chi connectivity index (χ3v) is 3.44. The van der Waals surface area contributed by atoms with Crippen molar-refractivity contribution in [1.82, 2.24) is 25.5 Å². The molecule has 0 atom stereocenters. The van der Waals surface area contributed by atoms with Crippen LogP contribution in [0.3, 0.4) is 0 Å². The quantitative estimate of drug-likeness (QED) is 0.897. The number of halogens is 1. The van der Waals surface area contributed by atoms with Crippen molar-refractivity contribution in [1.29, 1.82) is 0 Å². The van der Waals surface area contributed by atoms with E-state index in [-0.39, 0.29) is 0 Å². The number of piperidine rings is 1. The Hall–Kier alpha value is -1.46.